The molecule has 158 valence electrons. The number of hydrogen-bond donors (Lipinski definition) is 2. The van der Waals surface area contributed by atoms with Gasteiger partial charge in [-0.05, 0) is 68.1 Å². The summed E-state index contributed by atoms with van der Waals surface area (Å²) in [6, 6.07) is 10.2. The van der Waals surface area contributed by atoms with E-state index >= 15 is 0 Å². The first-order chi connectivity index (χ1) is 14.2. The average molecular weight is 427 g/mol. The SMILES string of the molecule is Cc1cc(C)cc(NS(=O)(=O)c2cc(C(=O)NCCCn3ccnc3)ccc2C)c1. The first-order valence-electron chi connectivity index (χ1n) is 9.70. The molecule has 0 aliphatic carbocycles. The van der Waals surface area contributed by atoms with E-state index in [4.69, 9.17) is 0 Å². The van der Waals surface area contributed by atoms with Gasteiger partial charge in [0.1, 0.15) is 0 Å². The molecular formula is C22H26N4O3S. The lowest BCUT2D eigenvalue weighted by Gasteiger charge is -2.13. The standard InChI is InChI=1S/C22H26N4O3S/c1-16-11-17(2)13-20(12-16)25-30(28,29)21-14-19(6-5-18(21)3)22(27)24-7-4-9-26-10-8-23-15-26/h5-6,8,10-15,25H,4,7,9H2,1-3H3,(H,24,27). The Morgan fingerprint density at radius 1 is 1.07 bits per heavy atom. The van der Waals surface area contributed by atoms with Crippen molar-refractivity contribution < 1.29 is 13.2 Å². The van der Waals surface area contributed by atoms with E-state index in [1.165, 1.54) is 6.07 Å². The monoisotopic (exact) mass is 426 g/mol. The second-order valence-corrected chi connectivity index (χ2v) is 9.02. The number of aromatic nitrogens is 2. The molecule has 3 rings (SSSR count). The molecule has 2 aromatic carbocycles. The number of aryl methyl sites for hydroxylation is 4. The molecule has 0 aliphatic heterocycles. The van der Waals surface area contributed by atoms with Crippen LogP contribution in [0.25, 0.3) is 0 Å². The second-order valence-electron chi connectivity index (χ2n) is 7.37. The zero-order chi connectivity index (χ0) is 21.7. The fourth-order valence-electron chi connectivity index (χ4n) is 3.26. The lowest BCUT2D eigenvalue weighted by Crippen LogP contribution is -2.25. The van der Waals surface area contributed by atoms with Crippen LogP contribution in [0.4, 0.5) is 5.69 Å². The molecule has 3 aromatic rings. The molecule has 0 fully saturated rings. The highest BCUT2D eigenvalue weighted by Crippen LogP contribution is 2.22. The van der Waals surface area contributed by atoms with Crippen molar-refractivity contribution in [2.45, 2.75) is 38.6 Å². The molecule has 0 bridgehead atoms. The third kappa shape index (κ3) is 5.48. The largest absolute Gasteiger partial charge is 0.352 e. The maximum Gasteiger partial charge on any atom is 0.262 e. The van der Waals surface area contributed by atoms with Crippen LogP contribution in [0.15, 0.2) is 60.0 Å². The number of hydrogen-bond acceptors (Lipinski definition) is 4. The van der Waals surface area contributed by atoms with Gasteiger partial charge in [-0.1, -0.05) is 12.1 Å². The normalized spacial score (nSPS) is 11.3. The lowest BCUT2D eigenvalue weighted by molar-refractivity contribution is 0.0952. The van der Waals surface area contributed by atoms with Crippen molar-refractivity contribution in [2.24, 2.45) is 0 Å². The fraction of sp³-hybridized carbons (Fsp3) is 0.273. The number of benzene rings is 2. The van der Waals surface area contributed by atoms with Crippen LogP contribution in [-0.4, -0.2) is 30.4 Å². The Labute approximate surface area is 177 Å². The van der Waals surface area contributed by atoms with Gasteiger partial charge in [-0.25, -0.2) is 13.4 Å². The van der Waals surface area contributed by atoms with Crippen LogP contribution in [0.1, 0.15) is 33.5 Å². The molecule has 1 amide bonds. The molecule has 1 heterocycles. The van der Waals surface area contributed by atoms with E-state index in [0.717, 1.165) is 24.1 Å². The number of nitrogens with zero attached hydrogens (tertiary/aromatic N) is 2. The minimum absolute atomic E-state index is 0.0905. The zero-order valence-corrected chi connectivity index (χ0v) is 18.2. The molecule has 0 aliphatic rings. The highest BCUT2D eigenvalue weighted by atomic mass is 32.2. The summed E-state index contributed by atoms with van der Waals surface area (Å²) in [6.07, 6.45) is 6.04. The number of imidazole rings is 1. The van der Waals surface area contributed by atoms with E-state index in [1.807, 2.05) is 30.7 Å². The Morgan fingerprint density at radius 2 is 1.80 bits per heavy atom. The van der Waals surface area contributed by atoms with Gasteiger partial charge in [-0.15, -0.1) is 0 Å². The number of amides is 1. The summed E-state index contributed by atoms with van der Waals surface area (Å²) >= 11 is 0. The van der Waals surface area contributed by atoms with Crippen LogP contribution < -0.4 is 10.0 Å². The van der Waals surface area contributed by atoms with Crippen molar-refractivity contribution in [2.75, 3.05) is 11.3 Å². The molecule has 0 radical (unpaired) electrons. The number of carbonyl (C=O) groups is 1. The van der Waals surface area contributed by atoms with E-state index in [0.29, 0.717) is 23.4 Å². The van der Waals surface area contributed by atoms with Crippen LogP contribution in [0.5, 0.6) is 0 Å². The molecule has 1 aromatic heterocycles. The van der Waals surface area contributed by atoms with E-state index in [1.54, 1.807) is 43.7 Å². The van der Waals surface area contributed by atoms with Crippen LogP contribution in [0, 0.1) is 20.8 Å². The summed E-state index contributed by atoms with van der Waals surface area (Å²) in [5, 5.41) is 2.84. The van der Waals surface area contributed by atoms with E-state index in [9.17, 15) is 13.2 Å². The Balaban J connectivity index is 1.70. The fourth-order valence-corrected chi connectivity index (χ4v) is 4.57. The minimum Gasteiger partial charge on any atom is -0.352 e. The molecule has 0 unspecified atom stereocenters. The number of nitrogens with one attached hydrogen (secondary N) is 2. The summed E-state index contributed by atoms with van der Waals surface area (Å²) in [4.78, 5) is 16.6. The molecule has 8 heteroatoms. The van der Waals surface area contributed by atoms with Crippen molar-refractivity contribution in [3.05, 3.63) is 77.4 Å². The molecule has 0 saturated heterocycles. The summed E-state index contributed by atoms with van der Waals surface area (Å²) in [7, 11) is -3.83. The predicted octanol–water partition coefficient (Wildman–Crippen LogP) is 3.43. The Hall–Kier alpha value is -3.13. The van der Waals surface area contributed by atoms with Gasteiger partial charge in [0.15, 0.2) is 0 Å². The van der Waals surface area contributed by atoms with Crippen molar-refractivity contribution in [3.8, 4) is 0 Å². The van der Waals surface area contributed by atoms with Crippen molar-refractivity contribution in [1.82, 2.24) is 14.9 Å². The maximum absolute atomic E-state index is 13.0. The van der Waals surface area contributed by atoms with Crippen LogP contribution in [0.3, 0.4) is 0 Å². The molecule has 7 nitrogen and oxygen atoms in total. The van der Waals surface area contributed by atoms with E-state index in [2.05, 4.69) is 15.0 Å². The minimum atomic E-state index is -3.83. The highest BCUT2D eigenvalue weighted by Gasteiger charge is 2.19. The Bertz CT molecular complexity index is 1120. The topological polar surface area (TPSA) is 93.1 Å². The van der Waals surface area contributed by atoms with Crippen molar-refractivity contribution in [1.29, 1.82) is 0 Å². The summed E-state index contributed by atoms with van der Waals surface area (Å²) in [5.74, 6) is -0.302. The van der Waals surface area contributed by atoms with Crippen LogP contribution >= 0.6 is 0 Å². The third-order valence-corrected chi connectivity index (χ3v) is 6.17. The summed E-state index contributed by atoms with van der Waals surface area (Å²) in [5.41, 5.74) is 3.32. The van der Waals surface area contributed by atoms with Gasteiger partial charge in [0.25, 0.3) is 15.9 Å². The molecule has 0 atom stereocenters. The number of sulfonamides is 1. The lowest BCUT2D eigenvalue weighted by atomic mass is 10.1. The van der Waals surface area contributed by atoms with E-state index < -0.39 is 10.0 Å². The van der Waals surface area contributed by atoms with Gasteiger partial charge in [-0.3, -0.25) is 9.52 Å². The average Bonchev–Trinajstić information content (AvgIpc) is 3.17. The molecule has 0 saturated carbocycles. The second kappa shape index (κ2) is 9.13. The zero-order valence-electron chi connectivity index (χ0n) is 17.3. The van der Waals surface area contributed by atoms with Crippen molar-refractivity contribution >= 4 is 21.6 Å². The first-order valence-corrected chi connectivity index (χ1v) is 11.2. The number of carbonyl (C=O) groups excluding carboxylic acids is 1. The molecule has 2 N–H and O–H groups in total. The van der Waals surface area contributed by atoms with E-state index in [-0.39, 0.29) is 10.8 Å². The Morgan fingerprint density at radius 3 is 2.47 bits per heavy atom. The van der Waals surface area contributed by atoms with Gasteiger partial charge in [-0.2, -0.15) is 0 Å². The quantitative estimate of drug-likeness (QED) is 0.540. The predicted molar refractivity (Wildman–Crippen MR) is 117 cm³/mol. The molecular weight excluding hydrogens is 400 g/mol. The highest BCUT2D eigenvalue weighted by molar-refractivity contribution is 7.92. The van der Waals surface area contributed by atoms with Gasteiger partial charge in [0, 0.05) is 36.7 Å². The first kappa shape index (κ1) is 21.6. The van der Waals surface area contributed by atoms with Gasteiger partial charge in [0.05, 0.1) is 11.2 Å². The maximum atomic E-state index is 13.0. The van der Waals surface area contributed by atoms with Gasteiger partial charge >= 0.3 is 0 Å². The van der Waals surface area contributed by atoms with Crippen LogP contribution in [-0.2, 0) is 16.6 Å². The van der Waals surface area contributed by atoms with Crippen molar-refractivity contribution in [3.63, 3.8) is 0 Å². The number of anilines is 1. The summed E-state index contributed by atoms with van der Waals surface area (Å²) in [6.45, 7) is 6.76. The van der Waals surface area contributed by atoms with Crippen LogP contribution in [0.2, 0.25) is 0 Å². The summed E-state index contributed by atoms with van der Waals surface area (Å²) < 4.78 is 30.5. The number of rotatable bonds is 8. The van der Waals surface area contributed by atoms with Gasteiger partial charge in [0.2, 0.25) is 0 Å². The Kier molecular flexibility index (Phi) is 6.56. The molecule has 30 heavy (non-hydrogen) atoms. The molecule has 0 spiro atoms. The third-order valence-electron chi connectivity index (χ3n) is 4.65. The smallest absolute Gasteiger partial charge is 0.262 e. The van der Waals surface area contributed by atoms with Gasteiger partial charge < -0.3 is 9.88 Å².